The third-order valence-electron chi connectivity index (χ3n) is 1.81. The molecule has 0 spiro atoms. The van der Waals surface area contributed by atoms with Crippen LogP contribution in [0.3, 0.4) is 0 Å². The minimum Gasteiger partial charge on any atom is -0.468 e. The lowest BCUT2D eigenvalue weighted by molar-refractivity contribution is 0.479. The van der Waals surface area contributed by atoms with E-state index in [1.807, 2.05) is 13.1 Å². The lowest BCUT2D eigenvalue weighted by Gasteiger charge is -2.01. The van der Waals surface area contributed by atoms with Gasteiger partial charge in [0.05, 0.1) is 12.8 Å². The van der Waals surface area contributed by atoms with E-state index in [0.29, 0.717) is 0 Å². The Kier molecular flexibility index (Phi) is 3.84. The first-order chi connectivity index (χ1) is 5.84. The summed E-state index contributed by atoms with van der Waals surface area (Å²) in [7, 11) is 1.94. The van der Waals surface area contributed by atoms with Crippen molar-refractivity contribution >= 4 is 0 Å². The Morgan fingerprint density at radius 1 is 1.42 bits per heavy atom. The molecular weight excluding hydrogens is 152 g/mol. The van der Waals surface area contributed by atoms with Gasteiger partial charge in [0.1, 0.15) is 5.76 Å². The van der Waals surface area contributed by atoms with Gasteiger partial charge in [-0.3, -0.25) is 0 Å². The van der Waals surface area contributed by atoms with Gasteiger partial charge >= 0.3 is 0 Å². The molecule has 2 N–H and O–H groups in total. The van der Waals surface area contributed by atoms with Crippen molar-refractivity contribution in [2.24, 2.45) is 0 Å². The van der Waals surface area contributed by atoms with Gasteiger partial charge in [0, 0.05) is 13.1 Å². The number of rotatable bonds is 5. The highest BCUT2D eigenvalue weighted by molar-refractivity contribution is 5.13. The van der Waals surface area contributed by atoms with Gasteiger partial charge in [0.15, 0.2) is 0 Å². The van der Waals surface area contributed by atoms with Crippen LogP contribution in [0.2, 0.25) is 0 Å². The van der Waals surface area contributed by atoms with Crippen LogP contribution in [0.15, 0.2) is 16.7 Å². The molecule has 1 heterocycles. The Morgan fingerprint density at radius 3 is 2.83 bits per heavy atom. The maximum atomic E-state index is 5.26. The van der Waals surface area contributed by atoms with E-state index in [4.69, 9.17) is 4.42 Å². The molecule has 0 saturated carbocycles. The zero-order chi connectivity index (χ0) is 8.81. The summed E-state index contributed by atoms with van der Waals surface area (Å²) in [6.45, 7) is 4.83. The summed E-state index contributed by atoms with van der Waals surface area (Å²) in [5.74, 6) is 1.03. The molecule has 0 amide bonds. The van der Waals surface area contributed by atoms with Gasteiger partial charge in [-0.1, -0.05) is 0 Å². The van der Waals surface area contributed by atoms with Crippen molar-refractivity contribution in [1.29, 1.82) is 0 Å². The number of furan rings is 1. The fraction of sp³-hybridized carbons (Fsp3) is 0.556. The largest absolute Gasteiger partial charge is 0.468 e. The van der Waals surface area contributed by atoms with Gasteiger partial charge in [0.2, 0.25) is 0 Å². The molecule has 3 heteroatoms. The molecule has 3 nitrogen and oxygen atoms in total. The topological polar surface area (TPSA) is 37.2 Å². The van der Waals surface area contributed by atoms with Crippen LogP contribution in [0.5, 0.6) is 0 Å². The first kappa shape index (κ1) is 9.29. The van der Waals surface area contributed by atoms with Crippen LogP contribution in [0, 0.1) is 6.92 Å². The van der Waals surface area contributed by atoms with E-state index >= 15 is 0 Å². The average molecular weight is 168 g/mol. The molecule has 12 heavy (non-hydrogen) atoms. The second kappa shape index (κ2) is 4.95. The minimum absolute atomic E-state index is 0.820. The van der Waals surface area contributed by atoms with Crippen LogP contribution in [-0.2, 0) is 6.54 Å². The van der Waals surface area contributed by atoms with E-state index in [-0.39, 0.29) is 0 Å². The van der Waals surface area contributed by atoms with Crippen LogP contribution in [0.4, 0.5) is 0 Å². The Balaban J connectivity index is 2.20. The molecule has 1 aromatic heterocycles. The van der Waals surface area contributed by atoms with Crippen molar-refractivity contribution in [2.75, 3.05) is 20.1 Å². The van der Waals surface area contributed by atoms with Gasteiger partial charge < -0.3 is 15.1 Å². The van der Waals surface area contributed by atoms with Crippen LogP contribution in [-0.4, -0.2) is 20.1 Å². The van der Waals surface area contributed by atoms with Crippen LogP contribution in [0.1, 0.15) is 11.3 Å². The molecule has 0 aliphatic carbocycles. The van der Waals surface area contributed by atoms with Gasteiger partial charge in [-0.15, -0.1) is 0 Å². The van der Waals surface area contributed by atoms with E-state index in [2.05, 4.69) is 17.6 Å². The van der Waals surface area contributed by atoms with Gasteiger partial charge in [-0.2, -0.15) is 0 Å². The number of aryl methyl sites for hydroxylation is 1. The van der Waals surface area contributed by atoms with Gasteiger partial charge in [-0.25, -0.2) is 0 Å². The summed E-state index contributed by atoms with van der Waals surface area (Å²) < 4.78 is 5.26. The Labute approximate surface area is 73.2 Å². The number of hydrogen-bond donors (Lipinski definition) is 2. The first-order valence-electron chi connectivity index (χ1n) is 4.23. The minimum atomic E-state index is 0.820. The second-order valence-electron chi connectivity index (χ2n) is 2.81. The van der Waals surface area contributed by atoms with Crippen molar-refractivity contribution < 1.29 is 4.42 Å². The fourth-order valence-corrected chi connectivity index (χ4v) is 1.00. The zero-order valence-corrected chi connectivity index (χ0v) is 7.68. The Hall–Kier alpha value is -0.800. The molecule has 0 fully saturated rings. The van der Waals surface area contributed by atoms with Crippen LogP contribution < -0.4 is 10.6 Å². The molecule has 0 radical (unpaired) electrons. The zero-order valence-electron chi connectivity index (χ0n) is 7.68. The number of nitrogens with one attached hydrogen (secondary N) is 2. The molecule has 0 aromatic carbocycles. The molecule has 0 bridgehead atoms. The molecule has 0 saturated heterocycles. The van der Waals surface area contributed by atoms with Gasteiger partial charge in [0.25, 0.3) is 0 Å². The van der Waals surface area contributed by atoms with E-state index in [1.165, 1.54) is 5.56 Å². The molecule has 0 atom stereocenters. The SMILES string of the molecule is CNCCNCc1occc1C. The highest BCUT2D eigenvalue weighted by atomic mass is 16.3. The highest BCUT2D eigenvalue weighted by Crippen LogP contribution is 2.07. The third-order valence-corrected chi connectivity index (χ3v) is 1.81. The molecule has 0 unspecified atom stereocenters. The lowest BCUT2D eigenvalue weighted by atomic mass is 10.3. The summed E-state index contributed by atoms with van der Waals surface area (Å²) in [6.07, 6.45) is 1.73. The monoisotopic (exact) mass is 168 g/mol. The summed E-state index contributed by atoms with van der Waals surface area (Å²) in [4.78, 5) is 0. The van der Waals surface area contributed by atoms with E-state index in [1.54, 1.807) is 6.26 Å². The maximum Gasteiger partial charge on any atom is 0.120 e. The van der Waals surface area contributed by atoms with Gasteiger partial charge in [-0.05, 0) is 25.6 Å². The molecule has 1 rings (SSSR count). The quantitative estimate of drug-likeness (QED) is 0.641. The lowest BCUT2D eigenvalue weighted by Crippen LogP contribution is -2.24. The average Bonchev–Trinajstić information content (AvgIpc) is 2.46. The van der Waals surface area contributed by atoms with Crippen molar-refractivity contribution in [1.82, 2.24) is 10.6 Å². The van der Waals surface area contributed by atoms with Crippen molar-refractivity contribution in [3.05, 3.63) is 23.7 Å². The maximum absolute atomic E-state index is 5.26. The van der Waals surface area contributed by atoms with Crippen molar-refractivity contribution in [2.45, 2.75) is 13.5 Å². The Morgan fingerprint density at radius 2 is 2.25 bits per heavy atom. The summed E-state index contributed by atoms with van der Waals surface area (Å²) >= 11 is 0. The second-order valence-corrected chi connectivity index (χ2v) is 2.81. The van der Waals surface area contributed by atoms with Crippen LogP contribution in [0.25, 0.3) is 0 Å². The summed E-state index contributed by atoms with van der Waals surface area (Å²) in [6, 6.07) is 1.98. The number of hydrogen-bond acceptors (Lipinski definition) is 3. The summed E-state index contributed by atoms with van der Waals surface area (Å²) in [5.41, 5.74) is 1.21. The Bertz CT molecular complexity index is 220. The van der Waals surface area contributed by atoms with Crippen molar-refractivity contribution in [3.8, 4) is 0 Å². The van der Waals surface area contributed by atoms with Crippen molar-refractivity contribution in [3.63, 3.8) is 0 Å². The standard InChI is InChI=1S/C9H16N2O/c1-8-3-6-12-9(8)7-11-5-4-10-2/h3,6,10-11H,4-5,7H2,1-2H3. The predicted molar refractivity (Wildman–Crippen MR) is 49.1 cm³/mol. The smallest absolute Gasteiger partial charge is 0.120 e. The van der Waals surface area contributed by atoms with E-state index in [9.17, 15) is 0 Å². The van der Waals surface area contributed by atoms with E-state index in [0.717, 1.165) is 25.4 Å². The molecule has 0 aliphatic rings. The predicted octanol–water partition coefficient (Wildman–Crippen LogP) is 0.897. The summed E-state index contributed by atoms with van der Waals surface area (Å²) in [5, 5.41) is 6.34. The normalized spacial score (nSPS) is 10.5. The molecule has 0 aliphatic heterocycles. The van der Waals surface area contributed by atoms with E-state index < -0.39 is 0 Å². The first-order valence-corrected chi connectivity index (χ1v) is 4.23. The molecule has 1 aromatic rings. The molecular formula is C9H16N2O. The number of likely N-dealkylation sites (N-methyl/N-ethyl adjacent to an activating group) is 1. The fourth-order valence-electron chi connectivity index (χ4n) is 1.00. The highest BCUT2D eigenvalue weighted by Gasteiger charge is 1.99. The third kappa shape index (κ3) is 2.68. The molecule has 68 valence electrons. The van der Waals surface area contributed by atoms with Crippen LogP contribution >= 0.6 is 0 Å².